The molecular formula is C71H138O17P2. The molecule has 534 valence electrons. The second kappa shape index (κ2) is 63.1. The number of ether oxygens (including phenoxy) is 4. The van der Waals surface area contributed by atoms with Gasteiger partial charge in [-0.3, -0.25) is 37.3 Å². The Hall–Kier alpha value is -1.94. The predicted octanol–water partition coefficient (Wildman–Crippen LogP) is 20.4. The van der Waals surface area contributed by atoms with Gasteiger partial charge in [0.05, 0.1) is 26.4 Å². The van der Waals surface area contributed by atoms with Gasteiger partial charge in [0.1, 0.15) is 19.3 Å². The first-order chi connectivity index (χ1) is 43.4. The van der Waals surface area contributed by atoms with E-state index in [4.69, 9.17) is 37.0 Å². The molecule has 0 rings (SSSR count). The highest BCUT2D eigenvalue weighted by atomic mass is 31.2. The van der Waals surface area contributed by atoms with Crippen molar-refractivity contribution in [3.05, 3.63) is 0 Å². The van der Waals surface area contributed by atoms with E-state index in [2.05, 4.69) is 41.5 Å². The molecule has 0 bridgehead atoms. The maximum Gasteiger partial charge on any atom is 0.472 e. The Labute approximate surface area is 549 Å². The average molecular weight is 1330 g/mol. The zero-order valence-corrected chi connectivity index (χ0v) is 60.2. The van der Waals surface area contributed by atoms with Gasteiger partial charge in [0, 0.05) is 25.7 Å². The lowest BCUT2D eigenvalue weighted by molar-refractivity contribution is -0.161. The summed E-state index contributed by atoms with van der Waals surface area (Å²) >= 11 is 0. The van der Waals surface area contributed by atoms with Crippen LogP contribution in [0.1, 0.15) is 363 Å². The normalized spacial score (nSPS) is 14.1. The number of aliphatic hydroxyl groups excluding tert-OH is 1. The minimum Gasteiger partial charge on any atom is -0.462 e. The number of unbranched alkanes of at least 4 members (excludes halogenated alkanes) is 40. The van der Waals surface area contributed by atoms with Gasteiger partial charge >= 0.3 is 39.5 Å². The molecule has 5 atom stereocenters. The highest BCUT2D eigenvalue weighted by Crippen LogP contribution is 2.45. The van der Waals surface area contributed by atoms with Crippen LogP contribution in [0.5, 0.6) is 0 Å². The molecular weight excluding hydrogens is 1190 g/mol. The molecule has 0 heterocycles. The van der Waals surface area contributed by atoms with E-state index in [9.17, 15) is 43.2 Å². The molecule has 0 aromatic carbocycles. The van der Waals surface area contributed by atoms with Crippen LogP contribution in [0, 0.1) is 11.8 Å². The van der Waals surface area contributed by atoms with E-state index in [1.54, 1.807) is 0 Å². The van der Waals surface area contributed by atoms with Crippen LogP contribution >= 0.6 is 15.6 Å². The van der Waals surface area contributed by atoms with E-state index >= 15 is 0 Å². The second-order valence-corrected chi connectivity index (χ2v) is 29.5. The average Bonchev–Trinajstić information content (AvgIpc) is 2.86. The molecule has 0 aliphatic carbocycles. The third-order valence-corrected chi connectivity index (χ3v) is 18.4. The van der Waals surface area contributed by atoms with Crippen LogP contribution in [-0.2, 0) is 65.4 Å². The largest absolute Gasteiger partial charge is 0.472 e. The van der Waals surface area contributed by atoms with E-state index < -0.39 is 97.5 Å². The van der Waals surface area contributed by atoms with Crippen LogP contribution < -0.4 is 0 Å². The zero-order chi connectivity index (χ0) is 66.5. The topological polar surface area (TPSA) is 237 Å². The van der Waals surface area contributed by atoms with Crippen LogP contribution in [0.4, 0.5) is 0 Å². The number of aliphatic hydroxyl groups is 1. The van der Waals surface area contributed by atoms with Gasteiger partial charge in [-0.1, -0.05) is 311 Å². The Kier molecular flexibility index (Phi) is 61.8. The Morgan fingerprint density at radius 1 is 0.300 bits per heavy atom. The lowest BCUT2D eigenvalue weighted by Gasteiger charge is -2.21. The number of phosphoric ester groups is 2. The van der Waals surface area contributed by atoms with Crippen LogP contribution in [0.3, 0.4) is 0 Å². The minimum absolute atomic E-state index is 0.106. The first-order valence-electron chi connectivity index (χ1n) is 37.0. The van der Waals surface area contributed by atoms with Crippen molar-refractivity contribution < 1.29 is 80.2 Å². The van der Waals surface area contributed by atoms with E-state index in [0.717, 1.165) is 102 Å². The van der Waals surface area contributed by atoms with Gasteiger partial charge in [-0.05, 0) is 37.5 Å². The summed E-state index contributed by atoms with van der Waals surface area (Å²) in [6.45, 7) is 9.48. The molecule has 0 saturated carbocycles. The summed E-state index contributed by atoms with van der Waals surface area (Å²) in [6.07, 6.45) is 48.6. The quantitative estimate of drug-likeness (QED) is 0.0222. The van der Waals surface area contributed by atoms with Crippen LogP contribution in [0.25, 0.3) is 0 Å². The van der Waals surface area contributed by atoms with E-state index in [1.165, 1.54) is 173 Å². The third kappa shape index (κ3) is 64.8. The molecule has 0 aromatic heterocycles. The van der Waals surface area contributed by atoms with Crippen LogP contribution in [0.15, 0.2) is 0 Å². The first kappa shape index (κ1) is 88.1. The Balaban J connectivity index is 5.23. The summed E-state index contributed by atoms with van der Waals surface area (Å²) in [5, 5.41) is 10.6. The number of carbonyl (C=O) groups is 4. The fourth-order valence-corrected chi connectivity index (χ4v) is 12.3. The number of rotatable bonds is 70. The Bertz CT molecular complexity index is 1750. The van der Waals surface area contributed by atoms with Gasteiger partial charge in [-0.15, -0.1) is 0 Å². The van der Waals surface area contributed by atoms with Crippen molar-refractivity contribution >= 4 is 39.5 Å². The molecule has 2 unspecified atom stereocenters. The first-order valence-corrected chi connectivity index (χ1v) is 40.0. The highest BCUT2D eigenvalue weighted by molar-refractivity contribution is 7.47. The fraction of sp³-hybridized carbons (Fsp3) is 0.944. The van der Waals surface area contributed by atoms with Gasteiger partial charge in [-0.25, -0.2) is 9.13 Å². The number of phosphoric acid groups is 2. The lowest BCUT2D eigenvalue weighted by Crippen LogP contribution is -2.30. The van der Waals surface area contributed by atoms with E-state index in [1.807, 2.05) is 0 Å². The van der Waals surface area contributed by atoms with Gasteiger partial charge in [0.2, 0.25) is 0 Å². The van der Waals surface area contributed by atoms with Crippen LogP contribution in [-0.4, -0.2) is 96.7 Å². The summed E-state index contributed by atoms with van der Waals surface area (Å²) in [6, 6.07) is 0. The lowest BCUT2D eigenvalue weighted by atomic mass is 10.0. The number of esters is 4. The number of hydrogen-bond donors (Lipinski definition) is 3. The van der Waals surface area contributed by atoms with Crippen molar-refractivity contribution in [3.63, 3.8) is 0 Å². The molecule has 90 heavy (non-hydrogen) atoms. The van der Waals surface area contributed by atoms with Crippen molar-refractivity contribution in [3.8, 4) is 0 Å². The van der Waals surface area contributed by atoms with Crippen LogP contribution in [0.2, 0.25) is 0 Å². The number of hydrogen-bond acceptors (Lipinski definition) is 15. The van der Waals surface area contributed by atoms with E-state index in [0.29, 0.717) is 31.6 Å². The molecule has 0 amide bonds. The Morgan fingerprint density at radius 2 is 0.511 bits per heavy atom. The summed E-state index contributed by atoms with van der Waals surface area (Å²) in [5.41, 5.74) is 0. The maximum absolute atomic E-state index is 13.0. The summed E-state index contributed by atoms with van der Waals surface area (Å²) in [5.74, 6) is -0.672. The molecule has 0 fully saturated rings. The van der Waals surface area contributed by atoms with Crippen molar-refractivity contribution in [2.45, 2.75) is 381 Å². The molecule has 0 aromatic rings. The fourth-order valence-electron chi connectivity index (χ4n) is 10.8. The second-order valence-electron chi connectivity index (χ2n) is 26.6. The molecule has 0 aliphatic heterocycles. The standard InChI is InChI=1S/C71H138O17P2/c1-7-9-11-13-15-17-19-20-21-22-23-27-32-36-44-50-56-71(76)87-66(59-81-68(73)53-47-41-34-30-28-24-26-29-33-39-45-51-63(3)4)61-85-89(77,78)83-57-65(72)58-84-90(79,80)86-62-67(60-82-69(74)54-48-42-38-37-40-46-52-64(5)6)88-70(75)55-49-43-35-31-25-18-16-14-12-10-8-2/h63-67,72H,7-62H2,1-6H3,(H,77,78)(H,79,80)/t65-,66-,67-/m1/s1. The third-order valence-electron chi connectivity index (χ3n) is 16.5. The predicted molar refractivity (Wildman–Crippen MR) is 363 cm³/mol. The minimum atomic E-state index is -4.95. The van der Waals surface area contributed by atoms with Gasteiger partial charge in [-0.2, -0.15) is 0 Å². The zero-order valence-electron chi connectivity index (χ0n) is 58.4. The SMILES string of the molecule is CCCCCCCCCCCCCCCCCCC(=O)O[C@H](COC(=O)CCCCCCCCCCCCCC(C)C)COP(=O)(O)OC[C@@H](O)COP(=O)(O)OC[C@@H](COC(=O)CCCCCCCCC(C)C)OC(=O)CCCCCCCCCCCCC. The van der Waals surface area contributed by atoms with Crippen molar-refractivity contribution in [2.75, 3.05) is 39.6 Å². The summed E-state index contributed by atoms with van der Waals surface area (Å²) in [7, 11) is -9.90. The summed E-state index contributed by atoms with van der Waals surface area (Å²) < 4.78 is 68.3. The molecule has 0 saturated heterocycles. The molecule has 17 nitrogen and oxygen atoms in total. The number of carbonyl (C=O) groups excluding carboxylic acids is 4. The molecule has 0 spiro atoms. The molecule has 3 N–H and O–H groups in total. The summed E-state index contributed by atoms with van der Waals surface area (Å²) in [4.78, 5) is 72.5. The monoisotopic (exact) mass is 1320 g/mol. The van der Waals surface area contributed by atoms with Gasteiger partial charge in [0.25, 0.3) is 0 Å². The smallest absolute Gasteiger partial charge is 0.462 e. The van der Waals surface area contributed by atoms with Crippen molar-refractivity contribution in [1.29, 1.82) is 0 Å². The van der Waals surface area contributed by atoms with Gasteiger partial charge < -0.3 is 33.8 Å². The van der Waals surface area contributed by atoms with Crippen molar-refractivity contribution in [2.24, 2.45) is 11.8 Å². The van der Waals surface area contributed by atoms with E-state index in [-0.39, 0.29) is 25.7 Å². The maximum atomic E-state index is 13.0. The Morgan fingerprint density at radius 3 is 0.756 bits per heavy atom. The molecule has 0 aliphatic rings. The molecule has 19 heteroatoms. The van der Waals surface area contributed by atoms with Crippen molar-refractivity contribution in [1.82, 2.24) is 0 Å². The molecule has 0 radical (unpaired) electrons. The highest BCUT2D eigenvalue weighted by Gasteiger charge is 2.30. The van der Waals surface area contributed by atoms with Gasteiger partial charge in [0.15, 0.2) is 12.2 Å².